The first kappa shape index (κ1) is 21.2. The highest BCUT2D eigenvalue weighted by Crippen LogP contribution is 2.33. The van der Waals surface area contributed by atoms with E-state index in [0.717, 1.165) is 24.9 Å². The lowest BCUT2D eigenvalue weighted by atomic mass is 9.81. The molecule has 1 aliphatic heterocycles. The van der Waals surface area contributed by atoms with Gasteiger partial charge in [0.1, 0.15) is 0 Å². The van der Waals surface area contributed by atoms with Crippen LogP contribution in [0.15, 0.2) is 42.5 Å². The summed E-state index contributed by atoms with van der Waals surface area (Å²) in [6.07, 6.45) is 4.80. The number of hydrogen-bond donors (Lipinski definition) is 3. The van der Waals surface area contributed by atoms with Crippen LogP contribution in [0, 0.1) is 11.8 Å². The van der Waals surface area contributed by atoms with Crippen LogP contribution in [0.4, 0.5) is 5.69 Å². The van der Waals surface area contributed by atoms with Crippen molar-refractivity contribution in [3.05, 3.63) is 53.6 Å². The minimum Gasteiger partial charge on any atom is -0.454 e. The van der Waals surface area contributed by atoms with Gasteiger partial charge in [-0.1, -0.05) is 24.6 Å². The van der Waals surface area contributed by atoms with Gasteiger partial charge in [0.2, 0.25) is 12.7 Å². The largest absolute Gasteiger partial charge is 0.454 e. The smallest absolute Gasteiger partial charge is 0.255 e. The highest BCUT2D eigenvalue weighted by molar-refractivity contribution is 6.05. The van der Waals surface area contributed by atoms with Crippen molar-refractivity contribution in [2.24, 2.45) is 17.6 Å². The second-order valence-corrected chi connectivity index (χ2v) is 8.29. The number of hydrogen-bond acceptors (Lipinski definition) is 5. The molecule has 0 radical (unpaired) electrons. The fraction of sp³-hybridized carbons (Fsp3) is 0.417. The number of nitrogens with two attached hydrogens (primary N) is 1. The Morgan fingerprint density at radius 2 is 1.84 bits per heavy atom. The zero-order valence-electron chi connectivity index (χ0n) is 17.6. The molecule has 0 spiro atoms. The Balaban J connectivity index is 1.34. The van der Waals surface area contributed by atoms with E-state index in [9.17, 15) is 9.59 Å². The van der Waals surface area contributed by atoms with Gasteiger partial charge in [0.05, 0.1) is 6.42 Å². The maximum Gasteiger partial charge on any atom is 0.255 e. The average Bonchev–Trinajstić information content (AvgIpc) is 3.27. The number of fused-ring (bicyclic) bond motifs is 1. The van der Waals surface area contributed by atoms with Gasteiger partial charge in [0, 0.05) is 17.8 Å². The van der Waals surface area contributed by atoms with Crippen LogP contribution in [0.5, 0.6) is 11.5 Å². The molecule has 1 fully saturated rings. The van der Waals surface area contributed by atoms with Gasteiger partial charge in [-0.3, -0.25) is 9.59 Å². The fourth-order valence-electron chi connectivity index (χ4n) is 4.32. The van der Waals surface area contributed by atoms with Crippen LogP contribution in [-0.2, 0) is 11.2 Å². The second kappa shape index (κ2) is 9.83. The van der Waals surface area contributed by atoms with Crippen LogP contribution < -0.4 is 25.8 Å². The van der Waals surface area contributed by atoms with E-state index in [2.05, 4.69) is 10.6 Å². The normalized spacial score (nSPS) is 19.6. The number of carbonyl (C=O) groups excluding carboxylic acids is 2. The Morgan fingerprint density at radius 3 is 2.71 bits per heavy atom. The minimum absolute atomic E-state index is 0.0420. The fourth-order valence-corrected chi connectivity index (χ4v) is 4.32. The Hall–Kier alpha value is -3.06. The molecule has 2 aromatic rings. The molecule has 7 heteroatoms. The molecule has 2 atom stereocenters. The molecular weight excluding hydrogens is 394 g/mol. The summed E-state index contributed by atoms with van der Waals surface area (Å²) < 4.78 is 10.6. The van der Waals surface area contributed by atoms with Gasteiger partial charge in [-0.15, -0.1) is 0 Å². The summed E-state index contributed by atoms with van der Waals surface area (Å²) in [5, 5.41) is 5.98. The minimum atomic E-state index is -0.263. The zero-order valence-corrected chi connectivity index (χ0v) is 17.6. The van der Waals surface area contributed by atoms with E-state index >= 15 is 0 Å². The van der Waals surface area contributed by atoms with Crippen molar-refractivity contribution >= 4 is 17.5 Å². The molecule has 1 saturated carbocycles. The van der Waals surface area contributed by atoms with E-state index in [-0.39, 0.29) is 25.0 Å². The van der Waals surface area contributed by atoms with Crippen LogP contribution in [0.2, 0.25) is 0 Å². The molecule has 0 bridgehead atoms. The molecule has 4 N–H and O–H groups in total. The molecule has 31 heavy (non-hydrogen) atoms. The van der Waals surface area contributed by atoms with Crippen LogP contribution >= 0.6 is 0 Å². The number of carbonyl (C=O) groups is 2. The molecule has 164 valence electrons. The zero-order chi connectivity index (χ0) is 21.6. The summed E-state index contributed by atoms with van der Waals surface area (Å²) >= 11 is 0. The third kappa shape index (κ3) is 5.35. The molecule has 2 aromatic carbocycles. The molecule has 1 aliphatic carbocycles. The predicted molar refractivity (Wildman–Crippen MR) is 118 cm³/mol. The van der Waals surface area contributed by atoms with Gasteiger partial charge >= 0.3 is 0 Å². The van der Waals surface area contributed by atoms with Crippen molar-refractivity contribution in [1.29, 1.82) is 0 Å². The number of nitrogens with one attached hydrogen (secondary N) is 2. The Kier molecular flexibility index (Phi) is 6.72. The monoisotopic (exact) mass is 423 g/mol. The van der Waals surface area contributed by atoms with Crippen LogP contribution in [0.1, 0.15) is 41.6 Å². The lowest BCUT2D eigenvalue weighted by Gasteiger charge is -2.28. The first-order valence-electron chi connectivity index (χ1n) is 10.9. The maximum atomic E-state index is 12.7. The third-order valence-electron chi connectivity index (χ3n) is 6.06. The first-order chi connectivity index (χ1) is 15.1. The van der Waals surface area contributed by atoms with Crippen molar-refractivity contribution in [2.75, 3.05) is 25.2 Å². The summed E-state index contributed by atoms with van der Waals surface area (Å²) in [5.74, 6) is 1.94. The van der Waals surface area contributed by atoms with E-state index < -0.39 is 0 Å². The van der Waals surface area contributed by atoms with Gasteiger partial charge in [-0.25, -0.2) is 0 Å². The number of benzene rings is 2. The summed E-state index contributed by atoms with van der Waals surface area (Å²) in [6, 6.07) is 12.4. The van der Waals surface area contributed by atoms with Crippen molar-refractivity contribution in [2.45, 2.75) is 32.1 Å². The van der Waals surface area contributed by atoms with Gasteiger partial charge in [-0.2, -0.15) is 0 Å². The van der Waals surface area contributed by atoms with Gasteiger partial charge in [0.15, 0.2) is 11.5 Å². The lowest BCUT2D eigenvalue weighted by molar-refractivity contribution is -0.120. The van der Waals surface area contributed by atoms with Crippen molar-refractivity contribution in [1.82, 2.24) is 5.32 Å². The summed E-state index contributed by atoms with van der Waals surface area (Å²) in [5.41, 5.74) is 7.68. The number of ether oxygens (including phenoxy) is 2. The molecule has 2 aliphatic rings. The second-order valence-electron chi connectivity index (χ2n) is 8.29. The third-order valence-corrected chi connectivity index (χ3v) is 6.06. The molecule has 0 saturated heterocycles. The number of rotatable bonds is 7. The van der Waals surface area contributed by atoms with E-state index in [1.165, 1.54) is 12.8 Å². The molecule has 2 unspecified atom stereocenters. The maximum absolute atomic E-state index is 12.7. The van der Waals surface area contributed by atoms with E-state index in [1.807, 2.05) is 18.2 Å². The number of para-hydroxylation sites is 1. The van der Waals surface area contributed by atoms with Crippen LogP contribution in [0.3, 0.4) is 0 Å². The van der Waals surface area contributed by atoms with Crippen LogP contribution in [0.25, 0.3) is 0 Å². The van der Waals surface area contributed by atoms with E-state index in [1.54, 1.807) is 24.3 Å². The van der Waals surface area contributed by atoms with Crippen molar-refractivity contribution in [3.8, 4) is 11.5 Å². The Morgan fingerprint density at radius 1 is 1.03 bits per heavy atom. The molecule has 2 amide bonds. The first-order valence-corrected chi connectivity index (χ1v) is 10.9. The summed E-state index contributed by atoms with van der Waals surface area (Å²) in [6.45, 7) is 1.56. The molecule has 4 rings (SSSR count). The van der Waals surface area contributed by atoms with E-state index in [0.29, 0.717) is 41.1 Å². The quantitative estimate of drug-likeness (QED) is 0.635. The standard InChI is InChI=1S/C24H29N3O4/c25-13-16-4-3-5-17(10-16)14-26-23(28)12-18-6-1-2-7-20(18)27-24(29)19-8-9-21-22(11-19)31-15-30-21/h1-2,6-9,11,16-17H,3-5,10,12-15,25H2,(H,26,28)(H,27,29). The molecule has 0 aromatic heterocycles. The highest BCUT2D eigenvalue weighted by Gasteiger charge is 2.22. The molecule has 1 heterocycles. The molecular formula is C24H29N3O4. The molecule has 7 nitrogen and oxygen atoms in total. The van der Waals surface area contributed by atoms with Gasteiger partial charge in [-0.05, 0) is 67.5 Å². The SMILES string of the molecule is NCC1CCCC(CNC(=O)Cc2ccccc2NC(=O)c2ccc3c(c2)OCO3)C1. The van der Waals surface area contributed by atoms with E-state index in [4.69, 9.17) is 15.2 Å². The number of anilines is 1. The summed E-state index contributed by atoms with van der Waals surface area (Å²) in [7, 11) is 0. The van der Waals surface area contributed by atoms with Crippen molar-refractivity contribution < 1.29 is 19.1 Å². The predicted octanol–water partition coefficient (Wildman–Crippen LogP) is 3.09. The average molecular weight is 424 g/mol. The number of amides is 2. The highest BCUT2D eigenvalue weighted by atomic mass is 16.7. The Labute approximate surface area is 182 Å². The van der Waals surface area contributed by atoms with Crippen LogP contribution in [-0.4, -0.2) is 31.7 Å². The Bertz CT molecular complexity index is 946. The topological polar surface area (TPSA) is 103 Å². The lowest BCUT2D eigenvalue weighted by Crippen LogP contribution is -2.34. The summed E-state index contributed by atoms with van der Waals surface area (Å²) in [4.78, 5) is 25.3. The van der Waals surface area contributed by atoms with Gasteiger partial charge < -0.3 is 25.8 Å². The van der Waals surface area contributed by atoms with Crippen molar-refractivity contribution in [3.63, 3.8) is 0 Å². The van der Waals surface area contributed by atoms with Gasteiger partial charge in [0.25, 0.3) is 5.91 Å².